The van der Waals surface area contributed by atoms with Gasteiger partial charge < -0.3 is 9.84 Å². The monoisotopic (exact) mass is 870 g/mol. The number of aliphatic hydroxyl groups is 1. The second-order valence-electron chi connectivity index (χ2n) is 12.5. The highest BCUT2D eigenvalue weighted by Crippen LogP contribution is 2.34. The Kier molecular flexibility index (Phi) is 19.4. The van der Waals surface area contributed by atoms with E-state index in [0.717, 1.165) is 42.4 Å². The summed E-state index contributed by atoms with van der Waals surface area (Å²) in [6.07, 6.45) is 7.49. The molecule has 2 aliphatic carbocycles. The van der Waals surface area contributed by atoms with Crippen molar-refractivity contribution in [3.8, 4) is 0 Å². The zero-order valence-electron chi connectivity index (χ0n) is 28.6. The molecule has 2 aliphatic rings. The molecule has 0 aliphatic heterocycles. The van der Waals surface area contributed by atoms with Crippen LogP contribution in [-0.4, -0.2) is 57.0 Å². The summed E-state index contributed by atoms with van der Waals surface area (Å²) >= 11 is 6.75. The van der Waals surface area contributed by atoms with Gasteiger partial charge in [0.25, 0.3) is 0 Å². The average molecular weight is 873 g/mol. The van der Waals surface area contributed by atoms with Crippen LogP contribution in [0.25, 0.3) is 0 Å². The van der Waals surface area contributed by atoms with Crippen LogP contribution in [0.5, 0.6) is 0 Å². The molecule has 4 unspecified atom stereocenters. The van der Waals surface area contributed by atoms with Crippen molar-refractivity contribution >= 4 is 63.8 Å². The van der Waals surface area contributed by atoms with E-state index in [1.54, 1.807) is 18.2 Å². The number of benzene rings is 3. The van der Waals surface area contributed by atoms with Crippen LogP contribution in [0.4, 0.5) is 0 Å². The highest BCUT2D eigenvalue weighted by molar-refractivity contribution is 9.10. The summed E-state index contributed by atoms with van der Waals surface area (Å²) in [5, 5.41) is 8.94. The largest absolute Gasteiger partial charge is 0.393 e. The summed E-state index contributed by atoms with van der Waals surface area (Å²) < 4.78 is 59.0. The Labute approximate surface area is 317 Å². The lowest BCUT2D eigenvalue weighted by Crippen LogP contribution is -2.22. The quantitative estimate of drug-likeness (QED) is 0.235. The first-order valence-electron chi connectivity index (χ1n) is 16.5. The molecule has 2 fully saturated rings. The minimum atomic E-state index is -3.33. The van der Waals surface area contributed by atoms with E-state index in [1.807, 2.05) is 50.2 Å². The lowest BCUT2D eigenvalue weighted by atomic mass is 10.1. The third-order valence-electron chi connectivity index (χ3n) is 8.74. The number of ether oxygens (including phenoxy) is 1. The molecule has 51 heavy (non-hydrogen) atoms. The maximum atomic E-state index is 13.1. The molecule has 0 radical (unpaired) electrons. The second kappa shape index (κ2) is 22.3. The first kappa shape index (κ1) is 44.4. The molecular weight excluding hydrogens is 828 g/mol. The molecule has 278 valence electrons. The molecule has 14 heteroatoms. The molecule has 0 amide bonds. The molecule has 10 nitrogen and oxygen atoms in total. The third-order valence-corrected chi connectivity index (χ3v) is 15.2. The van der Waals surface area contributed by atoms with Gasteiger partial charge in [-0.15, -0.1) is 0 Å². The van der Waals surface area contributed by atoms with Crippen LogP contribution in [0.3, 0.4) is 0 Å². The number of sulfone groups is 2. The third kappa shape index (κ3) is 14.3. The molecule has 2 saturated carbocycles. The van der Waals surface area contributed by atoms with Gasteiger partial charge in [-0.05, 0) is 151 Å². The standard InChI is InChI=1S/C21H25BrO3S.C14H19BrO3S.2CO2/c1-16-10-13-20(22)21(14-16)26(23,24)19-9-5-8-18(11-12-19)25-15-17-6-3-2-4-7-17;1-10-5-8-13(15)14(9-10)19(17,18)12-4-2-3-11(16)6-7-12;2*2-1-3/h2-4,6-7,10,13-14,18-19H,5,8-9,11-12,15H2,1H3;5,8-9,11-12,16H,2-4,6-7H2,1H3;;. The van der Waals surface area contributed by atoms with Crippen LogP contribution in [0.2, 0.25) is 0 Å². The number of hydrogen-bond acceptors (Lipinski definition) is 10. The Hall–Kier alpha value is -2.80. The van der Waals surface area contributed by atoms with Gasteiger partial charge in [-0.3, -0.25) is 0 Å². The van der Waals surface area contributed by atoms with Crippen LogP contribution in [0, 0.1) is 13.8 Å². The van der Waals surface area contributed by atoms with Gasteiger partial charge in [-0.1, -0.05) is 42.5 Å². The SMILES string of the molecule is Cc1ccc(Br)c(S(=O)(=O)C2CCCC(O)CC2)c1.Cc1ccc(Br)c(S(=O)(=O)C2CCCC(OCc3ccccc3)CC2)c1.O=C=O.O=C=O. The summed E-state index contributed by atoms with van der Waals surface area (Å²) in [5.74, 6) is 0. The van der Waals surface area contributed by atoms with Crippen molar-refractivity contribution in [2.45, 2.75) is 117 Å². The maximum absolute atomic E-state index is 13.1. The summed E-state index contributed by atoms with van der Waals surface area (Å²) in [5.41, 5.74) is 3.06. The van der Waals surface area contributed by atoms with E-state index in [1.165, 1.54) is 0 Å². The van der Waals surface area contributed by atoms with Crippen molar-refractivity contribution in [3.05, 3.63) is 92.4 Å². The number of rotatable bonds is 7. The smallest absolute Gasteiger partial charge is 0.373 e. The Bertz CT molecular complexity index is 1810. The van der Waals surface area contributed by atoms with E-state index in [0.29, 0.717) is 63.9 Å². The molecule has 5 rings (SSSR count). The van der Waals surface area contributed by atoms with Gasteiger partial charge in [-0.25, -0.2) is 16.8 Å². The van der Waals surface area contributed by atoms with Crippen molar-refractivity contribution in [1.82, 2.24) is 0 Å². The number of aryl methyl sites for hydroxylation is 2. The van der Waals surface area contributed by atoms with E-state index in [4.69, 9.17) is 23.9 Å². The highest BCUT2D eigenvalue weighted by atomic mass is 79.9. The van der Waals surface area contributed by atoms with Gasteiger partial charge in [0, 0.05) is 8.95 Å². The lowest BCUT2D eigenvalue weighted by Gasteiger charge is -2.18. The summed E-state index contributed by atoms with van der Waals surface area (Å²) in [6.45, 7) is 4.40. The zero-order valence-corrected chi connectivity index (χ0v) is 33.4. The summed E-state index contributed by atoms with van der Waals surface area (Å²) in [6, 6.07) is 21.0. The minimum absolute atomic E-state index is 0.136. The van der Waals surface area contributed by atoms with Gasteiger partial charge in [-0.2, -0.15) is 19.2 Å². The Morgan fingerprint density at radius 3 is 1.59 bits per heavy atom. The molecular formula is C37H44Br2O10S2. The van der Waals surface area contributed by atoms with E-state index in [9.17, 15) is 21.9 Å². The van der Waals surface area contributed by atoms with E-state index in [2.05, 4.69) is 44.0 Å². The minimum Gasteiger partial charge on any atom is -0.393 e. The number of hydrogen-bond donors (Lipinski definition) is 1. The first-order valence-corrected chi connectivity index (χ1v) is 21.2. The molecule has 0 heterocycles. The van der Waals surface area contributed by atoms with E-state index < -0.39 is 19.7 Å². The highest BCUT2D eigenvalue weighted by Gasteiger charge is 2.33. The van der Waals surface area contributed by atoms with Crippen LogP contribution >= 0.6 is 31.9 Å². The number of aliphatic hydroxyl groups excluding tert-OH is 1. The normalized spacial score (nSPS) is 20.5. The van der Waals surface area contributed by atoms with Gasteiger partial charge in [0.2, 0.25) is 0 Å². The summed E-state index contributed by atoms with van der Waals surface area (Å²) in [7, 11) is -6.65. The Morgan fingerprint density at radius 2 is 1.10 bits per heavy atom. The van der Waals surface area contributed by atoms with Gasteiger partial charge in [0.05, 0.1) is 39.1 Å². The van der Waals surface area contributed by atoms with Crippen molar-refractivity contribution in [2.24, 2.45) is 0 Å². The van der Waals surface area contributed by atoms with Gasteiger partial charge in [0.1, 0.15) is 0 Å². The summed E-state index contributed by atoms with van der Waals surface area (Å²) in [4.78, 5) is 33.3. The Balaban J connectivity index is 0.000000317. The Morgan fingerprint density at radius 1 is 0.647 bits per heavy atom. The fourth-order valence-electron chi connectivity index (χ4n) is 6.07. The molecule has 0 saturated heterocycles. The van der Waals surface area contributed by atoms with E-state index >= 15 is 0 Å². The first-order chi connectivity index (χ1) is 24.2. The van der Waals surface area contributed by atoms with Crippen LogP contribution in [0.15, 0.2) is 85.5 Å². The van der Waals surface area contributed by atoms with Crippen molar-refractivity contribution < 1.29 is 45.9 Å². The molecule has 0 bridgehead atoms. The molecule has 1 N–H and O–H groups in total. The number of carbonyl (C=O) groups excluding carboxylic acids is 4. The van der Waals surface area contributed by atoms with Crippen molar-refractivity contribution in [1.29, 1.82) is 0 Å². The molecule has 0 aromatic heterocycles. The predicted octanol–water partition coefficient (Wildman–Crippen LogP) is 7.51. The average Bonchev–Trinajstić information content (AvgIpc) is 3.48. The lowest BCUT2D eigenvalue weighted by molar-refractivity contribution is -0.193. The van der Waals surface area contributed by atoms with Crippen molar-refractivity contribution in [3.63, 3.8) is 0 Å². The van der Waals surface area contributed by atoms with Gasteiger partial charge >= 0.3 is 12.3 Å². The van der Waals surface area contributed by atoms with Crippen LogP contribution in [0.1, 0.15) is 80.9 Å². The van der Waals surface area contributed by atoms with Crippen LogP contribution < -0.4 is 0 Å². The van der Waals surface area contributed by atoms with Crippen LogP contribution in [-0.2, 0) is 50.2 Å². The molecule has 4 atom stereocenters. The predicted molar refractivity (Wildman–Crippen MR) is 197 cm³/mol. The molecule has 0 spiro atoms. The van der Waals surface area contributed by atoms with E-state index in [-0.39, 0.29) is 35.0 Å². The topological polar surface area (TPSA) is 166 Å². The van der Waals surface area contributed by atoms with Crippen molar-refractivity contribution in [2.75, 3.05) is 0 Å². The number of halogens is 2. The molecule has 3 aromatic carbocycles. The molecule has 3 aromatic rings. The fraction of sp³-hybridized carbons (Fsp3) is 0.459. The van der Waals surface area contributed by atoms with Gasteiger partial charge in [0.15, 0.2) is 19.7 Å². The fourth-order valence-corrected chi connectivity index (χ4v) is 11.9. The second-order valence-corrected chi connectivity index (χ2v) is 18.6. The zero-order chi connectivity index (χ0) is 38.0. The maximum Gasteiger partial charge on any atom is 0.373 e.